The van der Waals surface area contributed by atoms with Crippen molar-refractivity contribution in [3.8, 4) is 11.1 Å². The van der Waals surface area contributed by atoms with Gasteiger partial charge in [0.2, 0.25) is 0 Å². The van der Waals surface area contributed by atoms with Gasteiger partial charge in [-0.1, -0.05) is 121 Å². The van der Waals surface area contributed by atoms with Crippen molar-refractivity contribution in [2.75, 3.05) is 0 Å². The average molecular weight is 528 g/mol. The molecule has 1 N–H and O–H groups in total. The molecular formula is C37H25N3O. The van der Waals surface area contributed by atoms with Crippen LogP contribution in [0.5, 0.6) is 0 Å². The molecule has 8 rings (SSSR count). The minimum atomic E-state index is -0.247. The van der Waals surface area contributed by atoms with Crippen molar-refractivity contribution in [2.24, 2.45) is 9.98 Å². The van der Waals surface area contributed by atoms with Crippen LogP contribution >= 0.6 is 0 Å². The van der Waals surface area contributed by atoms with E-state index >= 15 is 0 Å². The van der Waals surface area contributed by atoms with E-state index in [0.29, 0.717) is 5.84 Å². The Bertz CT molecular complexity index is 2120. The van der Waals surface area contributed by atoms with Crippen molar-refractivity contribution in [3.63, 3.8) is 0 Å². The van der Waals surface area contributed by atoms with Crippen LogP contribution in [0.15, 0.2) is 154 Å². The number of furan rings is 1. The molecule has 0 radical (unpaired) electrons. The third-order valence-electron chi connectivity index (χ3n) is 7.74. The van der Waals surface area contributed by atoms with Crippen LogP contribution in [0.1, 0.15) is 22.9 Å². The molecule has 4 nitrogen and oxygen atoms in total. The van der Waals surface area contributed by atoms with Gasteiger partial charge in [0.15, 0.2) is 5.84 Å². The van der Waals surface area contributed by atoms with Crippen molar-refractivity contribution in [1.82, 2.24) is 5.32 Å². The summed E-state index contributed by atoms with van der Waals surface area (Å²) < 4.78 is 6.47. The molecular weight excluding hydrogens is 502 g/mol. The lowest BCUT2D eigenvalue weighted by Gasteiger charge is -2.23. The van der Waals surface area contributed by atoms with Gasteiger partial charge in [-0.05, 0) is 45.7 Å². The molecule has 1 aliphatic heterocycles. The average Bonchev–Trinajstić information content (AvgIpc) is 3.43. The number of hydrogen-bond donors (Lipinski definition) is 1. The Kier molecular flexibility index (Phi) is 5.49. The van der Waals surface area contributed by atoms with E-state index in [2.05, 4.69) is 90.2 Å². The lowest BCUT2D eigenvalue weighted by molar-refractivity contribution is 0.666. The van der Waals surface area contributed by atoms with Gasteiger partial charge in [0.25, 0.3) is 0 Å². The van der Waals surface area contributed by atoms with Crippen molar-refractivity contribution in [2.45, 2.75) is 6.17 Å². The molecule has 41 heavy (non-hydrogen) atoms. The summed E-state index contributed by atoms with van der Waals surface area (Å²) in [5, 5.41) is 8.22. The lowest BCUT2D eigenvalue weighted by atomic mass is 9.94. The highest BCUT2D eigenvalue weighted by molar-refractivity contribution is 6.18. The van der Waals surface area contributed by atoms with Gasteiger partial charge in [-0.3, -0.25) is 0 Å². The van der Waals surface area contributed by atoms with E-state index in [1.165, 1.54) is 21.9 Å². The fourth-order valence-electron chi connectivity index (χ4n) is 5.78. The van der Waals surface area contributed by atoms with Gasteiger partial charge in [0.1, 0.15) is 23.2 Å². The summed E-state index contributed by atoms with van der Waals surface area (Å²) in [6.07, 6.45) is -0.247. The van der Waals surface area contributed by atoms with Crippen molar-refractivity contribution in [3.05, 3.63) is 156 Å². The van der Waals surface area contributed by atoms with Gasteiger partial charge >= 0.3 is 0 Å². The zero-order valence-electron chi connectivity index (χ0n) is 22.2. The number of fused-ring (bicyclic) bond motifs is 4. The normalized spacial score (nSPS) is 15.1. The van der Waals surface area contributed by atoms with E-state index < -0.39 is 0 Å². The maximum absolute atomic E-state index is 6.47. The van der Waals surface area contributed by atoms with Crippen LogP contribution in [0.4, 0.5) is 0 Å². The van der Waals surface area contributed by atoms with Gasteiger partial charge in [-0.15, -0.1) is 0 Å². The first-order valence-corrected chi connectivity index (χ1v) is 13.8. The molecule has 1 aromatic heterocycles. The van der Waals surface area contributed by atoms with Crippen molar-refractivity contribution < 1.29 is 4.42 Å². The monoisotopic (exact) mass is 527 g/mol. The number of nitrogens with one attached hydrogen (secondary N) is 1. The van der Waals surface area contributed by atoms with E-state index in [1.54, 1.807) is 0 Å². The van der Waals surface area contributed by atoms with Crippen molar-refractivity contribution in [1.29, 1.82) is 0 Å². The topological polar surface area (TPSA) is 49.9 Å². The summed E-state index contributed by atoms with van der Waals surface area (Å²) in [4.78, 5) is 9.93. The molecule has 0 aliphatic carbocycles. The summed E-state index contributed by atoms with van der Waals surface area (Å²) in [6.45, 7) is 0. The Labute approximate surface area is 237 Å². The highest BCUT2D eigenvalue weighted by Crippen LogP contribution is 2.39. The van der Waals surface area contributed by atoms with Gasteiger partial charge in [0.05, 0.1) is 0 Å². The van der Waals surface area contributed by atoms with Crippen LogP contribution in [0.3, 0.4) is 0 Å². The maximum atomic E-state index is 6.47. The number of benzene rings is 6. The van der Waals surface area contributed by atoms with Crippen LogP contribution in [0.2, 0.25) is 0 Å². The molecule has 1 unspecified atom stereocenters. The molecule has 0 spiro atoms. The SMILES string of the molecule is c1ccc(C2=NC(c3ccccc3)NC(c3ccc4c(c3)oc3cccc(-c5cccc6ccccc56)c34)=N2)cc1. The second kappa shape index (κ2) is 9.61. The van der Waals surface area contributed by atoms with E-state index in [4.69, 9.17) is 14.4 Å². The second-order valence-corrected chi connectivity index (χ2v) is 10.3. The fourth-order valence-corrected chi connectivity index (χ4v) is 5.78. The Hall–Kier alpha value is -5.48. The smallest absolute Gasteiger partial charge is 0.159 e. The zero-order chi connectivity index (χ0) is 27.2. The molecule has 0 amide bonds. The molecule has 6 aromatic carbocycles. The Morgan fingerprint density at radius 3 is 2.17 bits per heavy atom. The number of nitrogens with zero attached hydrogens (tertiary/aromatic N) is 2. The summed E-state index contributed by atoms with van der Waals surface area (Å²) in [5.41, 5.74) is 7.08. The number of aliphatic imine (C=N–C) groups is 2. The van der Waals surface area contributed by atoms with Crippen LogP contribution in [-0.2, 0) is 0 Å². The van der Waals surface area contributed by atoms with Crippen molar-refractivity contribution >= 4 is 44.4 Å². The van der Waals surface area contributed by atoms with Gasteiger partial charge in [0, 0.05) is 21.9 Å². The summed E-state index contributed by atoms with van der Waals surface area (Å²) in [5.74, 6) is 1.47. The zero-order valence-corrected chi connectivity index (χ0v) is 22.2. The molecule has 0 fully saturated rings. The van der Waals surface area contributed by atoms with Gasteiger partial charge in [-0.25, -0.2) is 9.98 Å². The summed E-state index contributed by atoms with van der Waals surface area (Å²) in [6, 6.07) is 48.1. The number of hydrogen-bond acceptors (Lipinski definition) is 4. The van der Waals surface area contributed by atoms with E-state index in [1.807, 2.05) is 54.6 Å². The van der Waals surface area contributed by atoms with Crippen LogP contribution < -0.4 is 5.32 Å². The molecule has 4 heteroatoms. The predicted molar refractivity (Wildman–Crippen MR) is 168 cm³/mol. The van der Waals surface area contributed by atoms with Crippen LogP contribution in [0.25, 0.3) is 43.8 Å². The van der Waals surface area contributed by atoms with Gasteiger partial charge in [-0.2, -0.15) is 0 Å². The standard InChI is InChI=1S/C37H25N3O/c1-3-12-25(13-4-1)35-38-36(26-14-5-2-6-15-26)40-37(39-35)27-21-22-31-33(23-27)41-32-20-10-19-30(34(31)32)29-18-9-16-24-11-7-8-17-28(24)29/h1-23,35H,(H,38,39,40). The second-order valence-electron chi connectivity index (χ2n) is 10.3. The first-order chi connectivity index (χ1) is 20.3. The summed E-state index contributed by atoms with van der Waals surface area (Å²) in [7, 11) is 0. The highest BCUT2D eigenvalue weighted by Gasteiger charge is 2.22. The fraction of sp³-hybridized carbons (Fsp3) is 0.0270. The van der Waals surface area contributed by atoms with Crippen LogP contribution in [-0.4, -0.2) is 11.7 Å². The molecule has 2 heterocycles. The number of amidine groups is 2. The third-order valence-corrected chi connectivity index (χ3v) is 7.74. The minimum absolute atomic E-state index is 0.247. The van der Waals surface area contributed by atoms with E-state index in [0.717, 1.165) is 44.5 Å². The highest BCUT2D eigenvalue weighted by atomic mass is 16.3. The molecule has 0 saturated carbocycles. The molecule has 1 atom stereocenters. The van der Waals surface area contributed by atoms with E-state index in [-0.39, 0.29) is 6.17 Å². The Morgan fingerprint density at radius 2 is 1.29 bits per heavy atom. The Balaban J connectivity index is 1.27. The predicted octanol–water partition coefficient (Wildman–Crippen LogP) is 8.90. The molecule has 194 valence electrons. The largest absolute Gasteiger partial charge is 0.456 e. The molecule has 1 aliphatic rings. The first-order valence-electron chi connectivity index (χ1n) is 13.8. The number of rotatable bonds is 4. The van der Waals surface area contributed by atoms with E-state index in [9.17, 15) is 0 Å². The summed E-state index contributed by atoms with van der Waals surface area (Å²) >= 11 is 0. The first kappa shape index (κ1) is 23.4. The minimum Gasteiger partial charge on any atom is -0.456 e. The molecule has 7 aromatic rings. The van der Waals surface area contributed by atoms with Gasteiger partial charge < -0.3 is 9.73 Å². The Morgan fingerprint density at radius 1 is 0.561 bits per heavy atom. The van der Waals surface area contributed by atoms with Crippen LogP contribution in [0, 0.1) is 0 Å². The maximum Gasteiger partial charge on any atom is 0.159 e. The quantitative estimate of drug-likeness (QED) is 0.248. The third kappa shape index (κ3) is 4.09. The molecule has 0 saturated heterocycles. The lowest BCUT2D eigenvalue weighted by Crippen LogP contribution is -2.33. The molecule has 0 bridgehead atoms.